The van der Waals surface area contributed by atoms with E-state index in [4.69, 9.17) is 5.11 Å². The van der Waals surface area contributed by atoms with Crippen LogP contribution in [-0.4, -0.2) is 33.0 Å². The fourth-order valence-electron chi connectivity index (χ4n) is 1.62. The van der Waals surface area contributed by atoms with E-state index in [1.807, 2.05) is 0 Å². The maximum Gasteiger partial charge on any atom is 0.326 e. The van der Waals surface area contributed by atoms with Crippen LogP contribution in [0.25, 0.3) is 0 Å². The molecule has 0 aromatic carbocycles. The number of H-pyrrole nitrogens is 1. The van der Waals surface area contributed by atoms with Gasteiger partial charge in [-0.05, 0) is 6.42 Å². The summed E-state index contributed by atoms with van der Waals surface area (Å²) in [6, 6.07) is -0.903. The lowest BCUT2D eigenvalue weighted by molar-refractivity contribution is -0.141. The Morgan fingerprint density at radius 2 is 2.28 bits per heavy atom. The molecule has 0 fully saturated rings. The van der Waals surface area contributed by atoms with E-state index < -0.39 is 12.0 Å². The van der Waals surface area contributed by atoms with Crippen LogP contribution in [-0.2, 0) is 16.0 Å². The number of aromatic amines is 1. The summed E-state index contributed by atoms with van der Waals surface area (Å²) in [5, 5.41) is 11.6. The number of unbranched alkanes of at least 4 members (excludes halogenated alkanes) is 2. The van der Waals surface area contributed by atoms with Crippen LogP contribution in [0, 0.1) is 0 Å². The minimum Gasteiger partial charge on any atom is -0.480 e. The van der Waals surface area contributed by atoms with Gasteiger partial charge in [-0.2, -0.15) is 0 Å². The third-order valence-corrected chi connectivity index (χ3v) is 2.62. The van der Waals surface area contributed by atoms with Gasteiger partial charge >= 0.3 is 5.97 Å². The molecule has 1 aromatic rings. The fourth-order valence-corrected chi connectivity index (χ4v) is 1.62. The van der Waals surface area contributed by atoms with Crippen LogP contribution in [0.1, 0.15) is 38.3 Å². The quantitative estimate of drug-likeness (QED) is 0.605. The molecule has 0 radical (unpaired) electrons. The second kappa shape index (κ2) is 7.47. The van der Waals surface area contributed by atoms with Gasteiger partial charge in [-0.25, -0.2) is 9.78 Å². The van der Waals surface area contributed by atoms with Gasteiger partial charge < -0.3 is 15.4 Å². The second-order valence-electron chi connectivity index (χ2n) is 4.20. The van der Waals surface area contributed by atoms with Crippen LogP contribution >= 0.6 is 0 Å². The molecule has 1 amide bonds. The molecule has 1 heterocycles. The highest BCUT2D eigenvalue weighted by Crippen LogP contribution is 2.02. The van der Waals surface area contributed by atoms with E-state index in [0.717, 1.165) is 19.3 Å². The number of hydrogen-bond donors (Lipinski definition) is 3. The van der Waals surface area contributed by atoms with E-state index in [1.54, 1.807) is 6.20 Å². The molecular formula is C12H19N3O3. The Labute approximate surface area is 106 Å². The average Bonchev–Trinajstić information content (AvgIpc) is 2.81. The fraction of sp³-hybridized carbons (Fsp3) is 0.583. The Morgan fingerprint density at radius 3 is 2.83 bits per heavy atom. The summed E-state index contributed by atoms with van der Waals surface area (Å²) in [7, 11) is 0. The Morgan fingerprint density at radius 1 is 1.50 bits per heavy atom. The van der Waals surface area contributed by atoms with Gasteiger partial charge in [-0.3, -0.25) is 4.79 Å². The van der Waals surface area contributed by atoms with Crippen molar-refractivity contribution in [3.63, 3.8) is 0 Å². The van der Waals surface area contributed by atoms with Crippen molar-refractivity contribution in [2.24, 2.45) is 0 Å². The largest absolute Gasteiger partial charge is 0.480 e. The highest BCUT2D eigenvalue weighted by Gasteiger charge is 2.20. The van der Waals surface area contributed by atoms with Crippen molar-refractivity contribution >= 4 is 11.9 Å². The van der Waals surface area contributed by atoms with Crippen molar-refractivity contribution in [2.75, 3.05) is 0 Å². The summed E-state index contributed by atoms with van der Waals surface area (Å²) in [5.41, 5.74) is 0.691. The first-order valence-corrected chi connectivity index (χ1v) is 6.13. The highest BCUT2D eigenvalue weighted by molar-refractivity contribution is 5.83. The minimum atomic E-state index is -1.03. The normalized spacial score (nSPS) is 12.1. The third-order valence-electron chi connectivity index (χ3n) is 2.62. The molecule has 1 aromatic heterocycles. The van der Waals surface area contributed by atoms with Gasteiger partial charge in [0, 0.05) is 24.7 Å². The van der Waals surface area contributed by atoms with Gasteiger partial charge in [-0.1, -0.05) is 19.8 Å². The number of nitrogens with zero attached hydrogens (tertiary/aromatic N) is 1. The average molecular weight is 253 g/mol. The molecule has 0 aliphatic rings. The number of nitrogens with one attached hydrogen (secondary N) is 2. The van der Waals surface area contributed by atoms with Crippen molar-refractivity contribution in [2.45, 2.75) is 45.1 Å². The van der Waals surface area contributed by atoms with Crippen molar-refractivity contribution in [3.05, 3.63) is 18.2 Å². The number of aromatic nitrogens is 2. The van der Waals surface area contributed by atoms with Crippen LogP contribution in [0.4, 0.5) is 0 Å². The summed E-state index contributed by atoms with van der Waals surface area (Å²) in [6.45, 7) is 2.05. The number of imidazole rings is 1. The molecule has 0 aliphatic heterocycles. The van der Waals surface area contributed by atoms with Crippen LogP contribution in [0.15, 0.2) is 12.5 Å². The number of carboxylic acids is 1. The van der Waals surface area contributed by atoms with E-state index in [1.165, 1.54) is 6.33 Å². The summed E-state index contributed by atoms with van der Waals surface area (Å²) in [4.78, 5) is 29.2. The van der Waals surface area contributed by atoms with Gasteiger partial charge in [0.1, 0.15) is 6.04 Å². The van der Waals surface area contributed by atoms with E-state index in [9.17, 15) is 9.59 Å². The van der Waals surface area contributed by atoms with Crippen molar-refractivity contribution < 1.29 is 14.7 Å². The van der Waals surface area contributed by atoms with Crippen LogP contribution in [0.3, 0.4) is 0 Å². The Hall–Kier alpha value is -1.85. The zero-order valence-electron chi connectivity index (χ0n) is 10.5. The number of rotatable bonds is 8. The maximum atomic E-state index is 11.6. The Kier molecular flexibility index (Phi) is 5.90. The zero-order valence-corrected chi connectivity index (χ0v) is 10.5. The number of amides is 1. The van der Waals surface area contributed by atoms with Gasteiger partial charge in [0.25, 0.3) is 0 Å². The van der Waals surface area contributed by atoms with Gasteiger partial charge in [0.15, 0.2) is 0 Å². The maximum absolute atomic E-state index is 11.6. The molecule has 6 heteroatoms. The van der Waals surface area contributed by atoms with E-state index in [2.05, 4.69) is 22.2 Å². The predicted octanol–water partition coefficient (Wildman–Crippen LogP) is 1.10. The summed E-state index contributed by atoms with van der Waals surface area (Å²) in [6.07, 6.45) is 6.43. The predicted molar refractivity (Wildman–Crippen MR) is 66.0 cm³/mol. The monoisotopic (exact) mass is 253 g/mol. The molecule has 6 nitrogen and oxygen atoms in total. The van der Waals surface area contributed by atoms with Crippen LogP contribution in [0.2, 0.25) is 0 Å². The lowest BCUT2D eigenvalue weighted by Gasteiger charge is -2.13. The number of carbonyl (C=O) groups is 2. The first-order valence-electron chi connectivity index (χ1n) is 6.13. The summed E-state index contributed by atoms with van der Waals surface area (Å²) < 4.78 is 0. The number of aliphatic carboxylic acids is 1. The van der Waals surface area contributed by atoms with Gasteiger partial charge in [-0.15, -0.1) is 0 Å². The molecule has 0 bridgehead atoms. The van der Waals surface area contributed by atoms with E-state index in [0.29, 0.717) is 12.1 Å². The van der Waals surface area contributed by atoms with Gasteiger partial charge in [0.2, 0.25) is 5.91 Å². The minimum absolute atomic E-state index is 0.213. The molecule has 0 spiro atoms. The molecule has 1 atom stereocenters. The van der Waals surface area contributed by atoms with Crippen molar-refractivity contribution in [1.82, 2.24) is 15.3 Å². The summed E-state index contributed by atoms with van der Waals surface area (Å²) >= 11 is 0. The molecule has 0 unspecified atom stereocenters. The van der Waals surface area contributed by atoms with Crippen LogP contribution in [0.5, 0.6) is 0 Å². The molecule has 18 heavy (non-hydrogen) atoms. The second-order valence-corrected chi connectivity index (χ2v) is 4.20. The highest BCUT2D eigenvalue weighted by atomic mass is 16.4. The lowest BCUT2D eigenvalue weighted by Crippen LogP contribution is -2.42. The number of carboxylic acid groups (broad SMARTS) is 1. The number of hydrogen-bond acceptors (Lipinski definition) is 3. The Bertz CT molecular complexity index is 376. The molecular weight excluding hydrogens is 234 g/mol. The van der Waals surface area contributed by atoms with Crippen molar-refractivity contribution in [3.8, 4) is 0 Å². The molecule has 100 valence electrons. The van der Waals surface area contributed by atoms with Gasteiger partial charge in [0.05, 0.1) is 6.33 Å². The standard InChI is InChI=1S/C12H19N3O3/c1-2-3-4-5-11(16)15-10(12(17)18)6-9-7-13-8-14-9/h7-8,10H,2-6H2,1H3,(H,13,14)(H,15,16)(H,17,18)/t10-/m0/s1. The molecule has 0 saturated carbocycles. The topological polar surface area (TPSA) is 95.1 Å². The van der Waals surface area contributed by atoms with Crippen LogP contribution < -0.4 is 5.32 Å². The lowest BCUT2D eigenvalue weighted by atomic mass is 10.1. The summed E-state index contributed by atoms with van der Waals surface area (Å²) in [5.74, 6) is -1.25. The smallest absolute Gasteiger partial charge is 0.326 e. The van der Waals surface area contributed by atoms with E-state index >= 15 is 0 Å². The SMILES string of the molecule is CCCCCC(=O)N[C@@H](Cc1cnc[nH]1)C(=O)O. The first kappa shape index (κ1) is 14.2. The molecule has 0 saturated heterocycles. The zero-order chi connectivity index (χ0) is 13.4. The number of carbonyl (C=O) groups excluding carboxylic acids is 1. The Balaban J connectivity index is 2.42. The van der Waals surface area contributed by atoms with Crippen molar-refractivity contribution in [1.29, 1.82) is 0 Å². The third kappa shape index (κ3) is 4.99. The first-order chi connectivity index (χ1) is 8.63. The van der Waals surface area contributed by atoms with E-state index in [-0.39, 0.29) is 12.3 Å². The molecule has 3 N–H and O–H groups in total. The molecule has 0 aliphatic carbocycles. The molecule has 1 rings (SSSR count).